The first-order chi connectivity index (χ1) is 19.3. The number of hydrogen-bond acceptors (Lipinski definition) is 7. The molecule has 0 unspecified atom stereocenters. The third-order valence-electron chi connectivity index (χ3n) is 6.37. The van der Waals surface area contributed by atoms with Gasteiger partial charge in [-0.25, -0.2) is 9.07 Å². The molecule has 11 nitrogen and oxygen atoms in total. The first kappa shape index (κ1) is 26.1. The number of nitrogens with one attached hydrogen (secondary N) is 3. The molecule has 3 aromatic carbocycles. The maximum atomic E-state index is 13.7. The van der Waals surface area contributed by atoms with Crippen molar-refractivity contribution in [2.24, 2.45) is 0 Å². The highest BCUT2D eigenvalue weighted by Crippen LogP contribution is 2.39. The Hall–Kier alpha value is -5.52. The largest absolute Gasteiger partial charge is 0.495 e. The quantitative estimate of drug-likeness (QED) is 0.217. The molecule has 0 bridgehead atoms. The number of benzene rings is 3. The fourth-order valence-electron chi connectivity index (χ4n) is 4.50. The molecule has 40 heavy (non-hydrogen) atoms. The van der Waals surface area contributed by atoms with Crippen LogP contribution in [0.4, 0.5) is 27.3 Å². The normalized spacial score (nSPS) is 14.1. The highest BCUT2D eigenvalue weighted by atomic mass is 19.1. The summed E-state index contributed by atoms with van der Waals surface area (Å²) in [6.45, 7) is 1.67. The number of rotatable bonds is 7. The van der Waals surface area contributed by atoms with Gasteiger partial charge in [-0.1, -0.05) is 24.3 Å². The molecule has 202 valence electrons. The lowest BCUT2D eigenvalue weighted by Gasteiger charge is -2.30. The number of carbonyl (C=O) groups is 2. The SMILES string of the molecule is COc1ccccc1NC(=O)C1=C(C)Nc2c(C(=O)Nc3ccc(F)cc3)cnn2[C@@H]1c1cccc([N+](=O)[O-])c1. The number of nitro groups is 1. The first-order valence-electron chi connectivity index (χ1n) is 12.1. The van der Waals surface area contributed by atoms with Gasteiger partial charge in [-0.3, -0.25) is 19.7 Å². The number of amides is 2. The Labute approximate surface area is 227 Å². The molecule has 5 rings (SSSR count). The minimum Gasteiger partial charge on any atom is -0.495 e. The maximum Gasteiger partial charge on any atom is 0.269 e. The molecule has 2 amide bonds. The number of allylic oxidation sites excluding steroid dienone is 1. The molecule has 0 saturated carbocycles. The fraction of sp³-hybridized carbons (Fsp3) is 0.107. The van der Waals surface area contributed by atoms with Gasteiger partial charge in [0.25, 0.3) is 17.5 Å². The molecule has 1 aromatic heterocycles. The highest BCUT2D eigenvalue weighted by Gasteiger charge is 2.36. The van der Waals surface area contributed by atoms with E-state index in [0.29, 0.717) is 28.4 Å². The van der Waals surface area contributed by atoms with E-state index in [4.69, 9.17) is 4.74 Å². The predicted octanol–water partition coefficient (Wildman–Crippen LogP) is 5.12. The molecule has 0 spiro atoms. The number of anilines is 3. The van der Waals surface area contributed by atoms with Crippen LogP contribution in [0.2, 0.25) is 0 Å². The molecule has 1 atom stereocenters. The van der Waals surface area contributed by atoms with Crippen molar-refractivity contribution in [2.45, 2.75) is 13.0 Å². The van der Waals surface area contributed by atoms with Crippen molar-refractivity contribution in [1.29, 1.82) is 0 Å². The van der Waals surface area contributed by atoms with Crippen molar-refractivity contribution in [3.8, 4) is 5.75 Å². The number of carbonyl (C=O) groups excluding carboxylic acids is 2. The maximum absolute atomic E-state index is 13.7. The number of fused-ring (bicyclic) bond motifs is 1. The Morgan fingerprint density at radius 2 is 1.80 bits per heavy atom. The van der Waals surface area contributed by atoms with Crippen LogP contribution in [0.15, 0.2) is 90.3 Å². The summed E-state index contributed by atoms with van der Waals surface area (Å²) >= 11 is 0. The van der Waals surface area contributed by atoms with Crippen LogP contribution in [0, 0.1) is 15.9 Å². The third-order valence-corrected chi connectivity index (χ3v) is 6.37. The third kappa shape index (κ3) is 4.97. The van der Waals surface area contributed by atoms with Crippen LogP contribution in [-0.4, -0.2) is 33.6 Å². The molecular weight excluding hydrogens is 519 g/mol. The smallest absolute Gasteiger partial charge is 0.269 e. The van der Waals surface area contributed by atoms with Gasteiger partial charge < -0.3 is 20.7 Å². The average molecular weight is 543 g/mol. The minimum atomic E-state index is -0.918. The van der Waals surface area contributed by atoms with Gasteiger partial charge in [-0.05, 0) is 48.9 Å². The molecule has 2 heterocycles. The monoisotopic (exact) mass is 542 g/mol. The topological polar surface area (TPSA) is 140 Å². The van der Waals surface area contributed by atoms with Crippen molar-refractivity contribution in [2.75, 3.05) is 23.1 Å². The van der Waals surface area contributed by atoms with Crippen molar-refractivity contribution < 1.29 is 23.6 Å². The number of halogens is 1. The molecule has 0 saturated heterocycles. The van der Waals surface area contributed by atoms with Crippen molar-refractivity contribution in [3.63, 3.8) is 0 Å². The zero-order valence-electron chi connectivity index (χ0n) is 21.3. The van der Waals surface area contributed by atoms with E-state index in [1.54, 1.807) is 37.3 Å². The molecular formula is C28H23FN6O5. The second-order valence-corrected chi connectivity index (χ2v) is 8.89. The molecule has 0 fully saturated rings. The number of non-ortho nitro benzene ring substituents is 1. The van der Waals surface area contributed by atoms with Gasteiger partial charge in [0, 0.05) is 23.5 Å². The molecule has 3 N–H and O–H groups in total. The van der Waals surface area contributed by atoms with Crippen LogP contribution in [0.3, 0.4) is 0 Å². The number of nitrogens with zero attached hydrogens (tertiary/aromatic N) is 3. The van der Waals surface area contributed by atoms with E-state index >= 15 is 0 Å². The van der Waals surface area contributed by atoms with Gasteiger partial charge in [0.1, 0.15) is 29.0 Å². The van der Waals surface area contributed by atoms with Crippen LogP contribution >= 0.6 is 0 Å². The Morgan fingerprint density at radius 3 is 2.52 bits per heavy atom. The number of methoxy groups -OCH3 is 1. The van der Waals surface area contributed by atoms with Crippen LogP contribution in [0.5, 0.6) is 5.75 Å². The summed E-state index contributed by atoms with van der Waals surface area (Å²) in [5.41, 5.74) is 1.85. The van der Waals surface area contributed by atoms with Crippen LogP contribution in [0.25, 0.3) is 0 Å². The van der Waals surface area contributed by atoms with E-state index in [0.717, 1.165) is 0 Å². The van der Waals surface area contributed by atoms with E-state index in [2.05, 4.69) is 21.0 Å². The second-order valence-electron chi connectivity index (χ2n) is 8.89. The molecule has 0 aliphatic carbocycles. The predicted molar refractivity (Wildman–Crippen MR) is 146 cm³/mol. The Morgan fingerprint density at radius 1 is 1.05 bits per heavy atom. The summed E-state index contributed by atoms with van der Waals surface area (Å²) in [5.74, 6) is -0.730. The molecule has 1 aliphatic rings. The van der Waals surface area contributed by atoms with Crippen LogP contribution in [0.1, 0.15) is 28.9 Å². The van der Waals surface area contributed by atoms with Crippen LogP contribution < -0.4 is 20.7 Å². The van der Waals surface area contributed by atoms with E-state index in [1.165, 1.54) is 60.5 Å². The van der Waals surface area contributed by atoms with Crippen LogP contribution in [-0.2, 0) is 4.79 Å². The lowest BCUT2D eigenvalue weighted by atomic mass is 9.94. The van der Waals surface area contributed by atoms with Gasteiger partial charge in [0.2, 0.25) is 0 Å². The van der Waals surface area contributed by atoms with E-state index in [9.17, 15) is 24.1 Å². The Kier molecular flexibility index (Phi) is 6.98. The van der Waals surface area contributed by atoms with E-state index in [-0.39, 0.29) is 22.6 Å². The number of aromatic nitrogens is 2. The van der Waals surface area contributed by atoms with Gasteiger partial charge in [0.05, 0.1) is 29.5 Å². The summed E-state index contributed by atoms with van der Waals surface area (Å²) in [4.78, 5) is 37.9. The van der Waals surface area contributed by atoms with Crippen molar-refractivity contribution in [3.05, 3.63) is 117 Å². The van der Waals surface area contributed by atoms with Gasteiger partial charge >= 0.3 is 0 Å². The second kappa shape index (κ2) is 10.7. The Bertz CT molecular complexity index is 1660. The molecule has 1 aliphatic heterocycles. The number of ether oxygens (including phenoxy) is 1. The van der Waals surface area contributed by atoms with Gasteiger partial charge in [-0.2, -0.15) is 5.10 Å². The summed E-state index contributed by atoms with van der Waals surface area (Å²) in [5, 5.41) is 24.6. The standard InChI is InChI=1S/C28H23FN6O5/c1-16-24(28(37)33-22-8-3-4-9-23(22)40-2)25(17-6-5-7-20(14-17)35(38)39)34-26(31-16)21(15-30-34)27(36)32-19-12-10-18(29)11-13-19/h3-15,25,31H,1-2H3,(H,32,36)(H,33,37)/t25-/m1/s1. The zero-order valence-corrected chi connectivity index (χ0v) is 21.3. The lowest BCUT2D eigenvalue weighted by molar-refractivity contribution is -0.384. The zero-order chi connectivity index (χ0) is 28.4. The lowest BCUT2D eigenvalue weighted by Crippen LogP contribution is -2.32. The number of hydrogen-bond donors (Lipinski definition) is 3. The first-order valence-corrected chi connectivity index (χ1v) is 12.1. The number of para-hydroxylation sites is 2. The van der Waals surface area contributed by atoms with Gasteiger partial charge in [0.15, 0.2) is 0 Å². The van der Waals surface area contributed by atoms with Crippen molar-refractivity contribution in [1.82, 2.24) is 9.78 Å². The highest BCUT2D eigenvalue weighted by molar-refractivity contribution is 6.09. The number of nitro benzene ring substituents is 1. The molecule has 0 radical (unpaired) electrons. The molecule has 12 heteroatoms. The van der Waals surface area contributed by atoms with E-state index in [1.807, 2.05) is 0 Å². The Balaban J connectivity index is 1.57. The minimum absolute atomic E-state index is 0.156. The van der Waals surface area contributed by atoms with E-state index < -0.39 is 28.6 Å². The summed E-state index contributed by atoms with van der Waals surface area (Å²) in [6.07, 6.45) is 1.33. The summed E-state index contributed by atoms with van der Waals surface area (Å²) in [7, 11) is 1.48. The summed E-state index contributed by atoms with van der Waals surface area (Å²) in [6, 6.07) is 17.1. The average Bonchev–Trinajstić information content (AvgIpc) is 3.37. The van der Waals surface area contributed by atoms with Crippen molar-refractivity contribution >= 4 is 34.7 Å². The summed E-state index contributed by atoms with van der Waals surface area (Å²) < 4.78 is 20.1. The van der Waals surface area contributed by atoms with Gasteiger partial charge in [-0.15, -0.1) is 0 Å². The fourth-order valence-corrected chi connectivity index (χ4v) is 4.50. The molecule has 4 aromatic rings.